The highest BCUT2D eigenvalue weighted by Gasteiger charge is 2.27. The Labute approximate surface area is 140 Å². The van der Waals surface area contributed by atoms with Gasteiger partial charge in [-0.05, 0) is 37.1 Å². The van der Waals surface area contributed by atoms with E-state index in [0.717, 1.165) is 37.2 Å². The average Bonchev–Trinajstić information content (AvgIpc) is 3.08. The molecule has 2 heterocycles. The third kappa shape index (κ3) is 4.30. The van der Waals surface area contributed by atoms with E-state index in [1.165, 1.54) is 6.33 Å². The van der Waals surface area contributed by atoms with E-state index >= 15 is 0 Å². The summed E-state index contributed by atoms with van der Waals surface area (Å²) in [5.74, 6) is 0.851. The Hall–Kier alpha value is -1.92. The number of aromatic amines is 1. The fourth-order valence-corrected chi connectivity index (χ4v) is 3.17. The summed E-state index contributed by atoms with van der Waals surface area (Å²) in [6.45, 7) is 1.75. The number of carbonyl (C=O) groups is 1. The number of halogens is 1. The molecule has 1 saturated heterocycles. The minimum Gasteiger partial charge on any atom is -0.351 e. The second-order valence-electron chi connectivity index (χ2n) is 5.76. The van der Waals surface area contributed by atoms with Gasteiger partial charge in [-0.25, -0.2) is 4.98 Å². The lowest BCUT2D eigenvalue weighted by molar-refractivity contribution is -0.123. The van der Waals surface area contributed by atoms with Crippen LogP contribution in [0.25, 0.3) is 0 Å². The van der Waals surface area contributed by atoms with Crippen molar-refractivity contribution in [2.75, 3.05) is 13.1 Å². The van der Waals surface area contributed by atoms with Gasteiger partial charge in [-0.3, -0.25) is 14.8 Å². The Balaban J connectivity index is 1.55. The Morgan fingerprint density at radius 3 is 3.13 bits per heavy atom. The van der Waals surface area contributed by atoms with Crippen molar-refractivity contribution < 1.29 is 4.79 Å². The summed E-state index contributed by atoms with van der Waals surface area (Å²) in [5, 5.41) is 10.5. The van der Waals surface area contributed by atoms with Crippen molar-refractivity contribution in [3.05, 3.63) is 47.0 Å². The summed E-state index contributed by atoms with van der Waals surface area (Å²) in [6.07, 6.45) is 4.76. The van der Waals surface area contributed by atoms with Crippen LogP contribution < -0.4 is 5.32 Å². The van der Waals surface area contributed by atoms with Crippen LogP contribution in [0.3, 0.4) is 0 Å². The Kier molecular flexibility index (Phi) is 5.25. The summed E-state index contributed by atoms with van der Waals surface area (Å²) in [7, 11) is 0. The molecule has 1 aliphatic rings. The van der Waals surface area contributed by atoms with E-state index in [1.807, 2.05) is 24.3 Å². The quantitative estimate of drug-likeness (QED) is 0.880. The molecule has 1 amide bonds. The summed E-state index contributed by atoms with van der Waals surface area (Å²) in [5.41, 5.74) is 0.997. The molecule has 7 heteroatoms. The van der Waals surface area contributed by atoms with Crippen LogP contribution in [0.2, 0.25) is 5.02 Å². The largest absolute Gasteiger partial charge is 0.351 e. The first kappa shape index (κ1) is 16.0. The molecule has 1 aromatic carbocycles. The van der Waals surface area contributed by atoms with Crippen LogP contribution in [0.4, 0.5) is 0 Å². The number of carbonyl (C=O) groups excluding carboxylic acids is 1. The molecule has 0 saturated carbocycles. The fourth-order valence-electron chi connectivity index (χ4n) is 2.95. The molecular weight excluding hydrogens is 314 g/mol. The van der Waals surface area contributed by atoms with Crippen molar-refractivity contribution in [3.8, 4) is 0 Å². The molecule has 0 radical (unpaired) electrons. The molecule has 0 aliphatic carbocycles. The van der Waals surface area contributed by atoms with Crippen molar-refractivity contribution in [2.45, 2.75) is 31.8 Å². The van der Waals surface area contributed by atoms with Crippen LogP contribution in [-0.2, 0) is 11.3 Å². The van der Waals surface area contributed by atoms with Crippen LogP contribution in [-0.4, -0.2) is 39.1 Å². The molecule has 1 aliphatic heterocycles. The van der Waals surface area contributed by atoms with Gasteiger partial charge in [-0.2, -0.15) is 5.10 Å². The van der Waals surface area contributed by atoms with Gasteiger partial charge in [0.1, 0.15) is 12.2 Å². The highest BCUT2D eigenvalue weighted by atomic mass is 35.5. The average molecular weight is 334 g/mol. The Morgan fingerprint density at radius 1 is 1.43 bits per heavy atom. The van der Waals surface area contributed by atoms with Crippen molar-refractivity contribution in [1.29, 1.82) is 0 Å². The van der Waals surface area contributed by atoms with Crippen LogP contribution in [0.5, 0.6) is 0 Å². The van der Waals surface area contributed by atoms with Crippen molar-refractivity contribution in [2.24, 2.45) is 0 Å². The van der Waals surface area contributed by atoms with Gasteiger partial charge in [0.05, 0.1) is 12.6 Å². The minimum absolute atomic E-state index is 0.0105. The summed E-state index contributed by atoms with van der Waals surface area (Å²) >= 11 is 5.95. The number of hydrogen-bond donors (Lipinski definition) is 2. The maximum absolute atomic E-state index is 12.3. The number of hydrogen-bond acceptors (Lipinski definition) is 4. The van der Waals surface area contributed by atoms with Crippen LogP contribution in [0.1, 0.15) is 36.7 Å². The van der Waals surface area contributed by atoms with E-state index in [9.17, 15) is 4.79 Å². The van der Waals surface area contributed by atoms with E-state index in [4.69, 9.17) is 11.6 Å². The lowest BCUT2D eigenvalue weighted by Gasteiger charge is -2.33. The molecule has 0 bridgehead atoms. The second kappa shape index (κ2) is 7.57. The van der Waals surface area contributed by atoms with Gasteiger partial charge < -0.3 is 5.32 Å². The topological polar surface area (TPSA) is 73.9 Å². The molecule has 1 unspecified atom stereocenters. The number of likely N-dealkylation sites (tertiary alicyclic amines) is 1. The second-order valence-corrected chi connectivity index (χ2v) is 6.20. The SMILES string of the molecule is O=C(CN1CCCCC1c1ncn[nH]1)NCc1cccc(Cl)c1. The number of rotatable bonds is 5. The third-order valence-electron chi connectivity index (χ3n) is 4.09. The number of nitrogens with zero attached hydrogens (tertiary/aromatic N) is 3. The van der Waals surface area contributed by atoms with Crippen molar-refractivity contribution >= 4 is 17.5 Å². The molecular formula is C16H20ClN5O. The lowest BCUT2D eigenvalue weighted by Crippen LogP contribution is -2.41. The zero-order chi connectivity index (χ0) is 16.1. The van der Waals surface area contributed by atoms with Gasteiger partial charge in [0.2, 0.25) is 5.91 Å². The standard InChI is InChI=1S/C16H20ClN5O/c17-13-5-3-4-12(8-13)9-18-15(23)10-22-7-2-1-6-14(22)16-19-11-20-21-16/h3-5,8,11,14H,1-2,6-7,9-10H2,(H,18,23)(H,19,20,21). The number of H-pyrrole nitrogens is 1. The maximum Gasteiger partial charge on any atom is 0.234 e. The highest BCUT2D eigenvalue weighted by molar-refractivity contribution is 6.30. The molecule has 3 rings (SSSR count). The van der Waals surface area contributed by atoms with Crippen LogP contribution in [0, 0.1) is 0 Å². The first-order valence-corrected chi connectivity index (χ1v) is 8.20. The summed E-state index contributed by atoms with van der Waals surface area (Å²) in [4.78, 5) is 18.7. The van der Waals surface area contributed by atoms with E-state index in [2.05, 4.69) is 25.4 Å². The van der Waals surface area contributed by atoms with Gasteiger partial charge in [0.25, 0.3) is 0 Å². The number of amides is 1. The van der Waals surface area contributed by atoms with Gasteiger partial charge in [0.15, 0.2) is 0 Å². The molecule has 1 atom stereocenters. The predicted octanol–water partition coefficient (Wildman–Crippen LogP) is 2.30. The smallest absolute Gasteiger partial charge is 0.234 e. The van der Waals surface area contributed by atoms with E-state index < -0.39 is 0 Å². The first-order chi connectivity index (χ1) is 11.2. The molecule has 23 heavy (non-hydrogen) atoms. The van der Waals surface area contributed by atoms with E-state index in [-0.39, 0.29) is 11.9 Å². The van der Waals surface area contributed by atoms with Gasteiger partial charge in [-0.15, -0.1) is 0 Å². The number of piperidine rings is 1. The number of aromatic nitrogens is 3. The molecule has 122 valence electrons. The van der Waals surface area contributed by atoms with Gasteiger partial charge in [-0.1, -0.05) is 30.2 Å². The highest BCUT2D eigenvalue weighted by Crippen LogP contribution is 2.27. The van der Waals surface area contributed by atoms with Gasteiger partial charge in [0, 0.05) is 11.6 Å². The zero-order valence-electron chi connectivity index (χ0n) is 12.8. The maximum atomic E-state index is 12.3. The minimum atomic E-state index is 0.0105. The van der Waals surface area contributed by atoms with Crippen molar-refractivity contribution in [3.63, 3.8) is 0 Å². The van der Waals surface area contributed by atoms with Crippen LogP contribution >= 0.6 is 11.6 Å². The summed E-state index contributed by atoms with van der Waals surface area (Å²) < 4.78 is 0. The van der Waals surface area contributed by atoms with Crippen LogP contribution in [0.15, 0.2) is 30.6 Å². The predicted molar refractivity (Wildman–Crippen MR) is 87.8 cm³/mol. The Bertz CT molecular complexity index is 646. The Morgan fingerprint density at radius 2 is 2.35 bits per heavy atom. The molecule has 1 fully saturated rings. The van der Waals surface area contributed by atoms with Gasteiger partial charge >= 0.3 is 0 Å². The lowest BCUT2D eigenvalue weighted by atomic mass is 10.0. The van der Waals surface area contributed by atoms with E-state index in [0.29, 0.717) is 18.1 Å². The molecule has 6 nitrogen and oxygen atoms in total. The van der Waals surface area contributed by atoms with Crippen molar-refractivity contribution in [1.82, 2.24) is 25.4 Å². The fraction of sp³-hybridized carbons (Fsp3) is 0.438. The monoisotopic (exact) mass is 333 g/mol. The molecule has 1 aromatic heterocycles. The molecule has 0 spiro atoms. The first-order valence-electron chi connectivity index (χ1n) is 7.83. The number of benzene rings is 1. The van der Waals surface area contributed by atoms with E-state index in [1.54, 1.807) is 0 Å². The molecule has 2 aromatic rings. The number of nitrogens with one attached hydrogen (secondary N) is 2. The zero-order valence-corrected chi connectivity index (χ0v) is 13.6. The summed E-state index contributed by atoms with van der Waals surface area (Å²) in [6, 6.07) is 7.66. The third-order valence-corrected chi connectivity index (χ3v) is 4.32. The normalized spacial score (nSPS) is 18.7. The molecule has 2 N–H and O–H groups in total.